The van der Waals surface area contributed by atoms with Gasteiger partial charge in [-0.15, -0.1) is 0 Å². The maximum atomic E-state index is 11.9. The molecular weight excluding hydrogens is 328 g/mol. The number of imide groups is 1. The van der Waals surface area contributed by atoms with Crippen LogP contribution in [0, 0.1) is 0 Å². The molecular formula is C16H14N4O5. The molecule has 0 bridgehead atoms. The Hall–Kier alpha value is -3.62. The van der Waals surface area contributed by atoms with E-state index in [9.17, 15) is 14.4 Å². The number of hydrogen-bond donors (Lipinski definition) is 2. The van der Waals surface area contributed by atoms with Gasteiger partial charge in [-0.2, -0.15) is 0 Å². The number of nitrogens with zero attached hydrogens (tertiary/aromatic N) is 2. The molecule has 0 spiro atoms. The van der Waals surface area contributed by atoms with E-state index in [0.29, 0.717) is 11.4 Å². The van der Waals surface area contributed by atoms with Gasteiger partial charge in [-0.25, -0.2) is 14.6 Å². The number of carbonyl (C=O) groups is 3. The summed E-state index contributed by atoms with van der Waals surface area (Å²) in [6.07, 6.45) is 4.69. The first kappa shape index (κ1) is 16.2. The third kappa shape index (κ3) is 4.22. The Kier molecular flexibility index (Phi) is 4.74. The number of carbonyl (C=O) groups excluding carboxylic acids is 3. The highest BCUT2D eigenvalue weighted by Gasteiger charge is 2.15. The molecule has 0 saturated heterocycles. The first-order valence-electron chi connectivity index (χ1n) is 7.33. The van der Waals surface area contributed by atoms with Crippen LogP contribution in [-0.2, 0) is 16.1 Å². The zero-order valence-corrected chi connectivity index (χ0v) is 13.0. The number of imidazole rings is 1. The van der Waals surface area contributed by atoms with Crippen molar-refractivity contribution in [2.75, 3.05) is 6.61 Å². The van der Waals surface area contributed by atoms with Gasteiger partial charge in [0.15, 0.2) is 12.3 Å². The number of fused-ring (bicyclic) bond motifs is 1. The van der Waals surface area contributed by atoms with E-state index >= 15 is 0 Å². The van der Waals surface area contributed by atoms with Crippen LogP contribution in [0.3, 0.4) is 0 Å². The fraction of sp³-hybridized carbons (Fsp3) is 0.125. The Balaban J connectivity index is 1.44. The van der Waals surface area contributed by atoms with E-state index in [4.69, 9.17) is 9.15 Å². The van der Waals surface area contributed by atoms with Crippen molar-refractivity contribution in [3.63, 3.8) is 0 Å². The number of hydrogen-bond acceptors (Lipinski definition) is 6. The van der Waals surface area contributed by atoms with Gasteiger partial charge in [0, 0.05) is 12.4 Å². The SMILES string of the molecule is O=C(COC(=O)c1cn2ccccc2n1)NC(=O)NCc1ccco1. The second-order valence-electron chi connectivity index (χ2n) is 4.98. The van der Waals surface area contributed by atoms with Crippen molar-refractivity contribution in [2.24, 2.45) is 0 Å². The van der Waals surface area contributed by atoms with Crippen LogP contribution in [0.2, 0.25) is 0 Å². The van der Waals surface area contributed by atoms with E-state index in [1.54, 1.807) is 40.9 Å². The molecule has 3 aromatic heterocycles. The van der Waals surface area contributed by atoms with Gasteiger partial charge in [-0.1, -0.05) is 6.07 Å². The molecule has 3 amide bonds. The van der Waals surface area contributed by atoms with Crippen molar-refractivity contribution in [3.05, 3.63) is 60.4 Å². The number of furan rings is 1. The second kappa shape index (κ2) is 7.30. The van der Waals surface area contributed by atoms with Crippen molar-refractivity contribution in [1.29, 1.82) is 0 Å². The molecule has 0 fully saturated rings. The zero-order valence-electron chi connectivity index (χ0n) is 13.0. The van der Waals surface area contributed by atoms with Crippen LogP contribution < -0.4 is 10.6 Å². The lowest BCUT2D eigenvalue weighted by atomic mass is 10.4. The number of ether oxygens (including phenoxy) is 1. The summed E-state index contributed by atoms with van der Waals surface area (Å²) in [5.74, 6) is -0.968. The van der Waals surface area contributed by atoms with E-state index in [1.807, 2.05) is 5.32 Å². The monoisotopic (exact) mass is 342 g/mol. The lowest BCUT2D eigenvalue weighted by molar-refractivity contribution is -0.123. The van der Waals surface area contributed by atoms with Crippen LogP contribution in [0.25, 0.3) is 5.65 Å². The summed E-state index contributed by atoms with van der Waals surface area (Å²) in [6.45, 7) is -0.464. The van der Waals surface area contributed by atoms with Gasteiger partial charge in [-0.3, -0.25) is 10.1 Å². The summed E-state index contributed by atoms with van der Waals surface area (Å²) in [5.41, 5.74) is 0.650. The quantitative estimate of drug-likeness (QED) is 0.671. The molecule has 0 saturated carbocycles. The molecule has 9 heteroatoms. The molecule has 0 aliphatic rings. The average Bonchev–Trinajstić information content (AvgIpc) is 3.26. The molecule has 3 rings (SSSR count). The Morgan fingerprint density at radius 1 is 1.20 bits per heavy atom. The molecule has 0 unspecified atom stereocenters. The van der Waals surface area contributed by atoms with Gasteiger partial charge in [-0.05, 0) is 24.3 Å². The van der Waals surface area contributed by atoms with Gasteiger partial charge in [0.05, 0.1) is 12.8 Å². The van der Waals surface area contributed by atoms with Crippen LogP contribution in [0.4, 0.5) is 4.79 Å². The fourth-order valence-electron chi connectivity index (χ4n) is 2.03. The van der Waals surface area contributed by atoms with Crippen molar-refractivity contribution in [1.82, 2.24) is 20.0 Å². The first-order chi connectivity index (χ1) is 12.1. The van der Waals surface area contributed by atoms with Crippen LogP contribution in [-0.4, -0.2) is 33.9 Å². The fourth-order valence-corrected chi connectivity index (χ4v) is 2.03. The largest absolute Gasteiger partial charge is 0.467 e. The molecule has 25 heavy (non-hydrogen) atoms. The second-order valence-corrected chi connectivity index (χ2v) is 4.98. The topological polar surface area (TPSA) is 115 Å². The Morgan fingerprint density at radius 2 is 2.08 bits per heavy atom. The maximum absolute atomic E-state index is 11.9. The third-order valence-corrected chi connectivity index (χ3v) is 3.16. The normalized spacial score (nSPS) is 10.4. The summed E-state index contributed by atoms with van der Waals surface area (Å²) in [7, 11) is 0. The van der Waals surface area contributed by atoms with Crippen molar-refractivity contribution >= 4 is 23.6 Å². The van der Waals surface area contributed by atoms with Crippen molar-refractivity contribution < 1.29 is 23.5 Å². The highest BCUT2D eigenvalue weighted by atomic mass is 16.5. The third-order valence-electron chi connectivity index (χ3n) is 3.16. The Morgan fingerprint density at radius 3 is 2.84 bits per heavy atom. The van der Waals surface area contributed by atoms with Crippen molar-refractivity contribution in [2.45, 2.75) is 6.54 Å². The number of aromatic nitrogens is 2. The molecule has 0 atom stereocenters. The number of nitrogens with one attached hydrogen (secondary N) is 2. The number of pyridine rings is 1. The lowest BCUT2D eigenvalue weighted by Crippen LogP contribution is -2.41. The van der Waals surface area contributed by atoms with Gasteiger partial charge in [0.1, 0.15) is 11.4 Å². The number of urea groups is 1. The minimum atomic E-state index is -0.756. The molecule has 0 aliphatic carbocycles. The van der Waals surface area contributed by atoms with E-state index in [0.717, 1.165) is 0 Å². The predicted octanol–water partition coefficient (Wildman–Crippen LogP) is 1.11. The van der Waals surface area contributed by atoms with E-state index in [-0.39, 0.29) is 12.2 Å². The summed E-state index contributed by atoms with van der Waals surface area (Å²) in [6, 6.07) is 7.94. The van der Waals surface area contributed by atoms with Gasteiger partial charge in [0.25, 0.3) is 5.91 Å². The molecule has 3 heterocycles. The standard InChI is InChI=1S/C16H14N4O5/c21-14(19-16(23)17-8-11-4-3-7-24-11)10-25-15(22)12-9-20-6-2-1-5-13(20)18-12/h1-7,9H,8,10H2,(H2,17,19,21,23). The molecule has 0 radical (unpaired) electrons. The first-order valence-corrected chi connectivity index (χ1v) is 7.33. The van der Waals surface area contributed by atoms with E-state index < -0.39 is 24.5 Å². The van der Waals surface area contributed by atoms with Gasteiger partial charge in [0.2, 0.25) is 0 Å². The highest BCUT2D eigenvalue weighted by Crippen LogP contribution is 2.05. The molecule has 0 aliphatic heterocycles. The van der Waals surface area contributed by atoms with Crippen LogP contribution in [0.15, 0.2) is 53.4 Å². The minimum Gasteiger partial charge on any atom is -0.467 e. The smallest absolute Gasteiger partial charge is 0.359 e. The van der Waals surface area contributed by atoms with E-state index in [2.05, 4.69) is 10.3 Å². The van der Waals surface area contributed by atoms with Crippen LogP contribution in [0.5, 0.6) is 0 Å². The lowest BCUT2D eigenvalue weighted by Gasteiger charge is -2.05. The molecule has 128 valence electrons. The molecule has 0 aromatic carbocycles. The number of rotatable bonds is 5. The summed E-state index contributed by atoms with van der Waals surface area (Å²) in [4.78, 5) is 39.1. The summed E-state index contributed by atoms with van der Waals surface area (Å²) >= 11 is 0. The number of esters is 1. The molecule has 3 aromatic rings. The van der Waals surface area contributed by atoms with Crippen LogP contribution >= 0.6 is 0 Å². The Bertz CT molecular complexity index is 867. The van der Waals surface area contributed by atoms with Crippen LogP contribution in [0.1, 0.15) is 16.2 Å². The Labute approximate surface area is 141 Å². The summed E-state index contributed by atoms with van der Waals surface area (Å²) < 4.78 is 11.5. The van der Waals surface area contributed by atoms with Gasteiger partial charge >= 0.3 is 12.0 Å². The molecule has 9 nitrogen and oxygen atoms in total. The predicted molar refractivity (Wildman–Crippen MR) is 84.6 cm³/mol. The maximum Gasteiger partial charge on any atom is 0.359 e. The molecule has 2 N–H and O–H groups in total. The van der Waals surface area contributed by atoms with E-state index in [1.165, 1.54) is 12.5 Å². The minimum absolute atomic E-state index is 0.0706. The number of amides is 3. The van der Waals surface area contributed by atoms with Crippen molar-refractivity contribution in [3.8, 4) is 0 Å². The van der Waals surface area contributed by atoms with Gasteiger partial charge < -0.3 is 18.9 Å². The highest BCUT2D eigenvalue weighted by molar-refractivity contribution is 5.96. The average molecular weight is 342 g/mol. The zero-order chi connectivity index (χ0) is 17.6. The summed E-state index contributed by atoms with van der Waals surface area (Å²) in [5, 5.41) is 4.47.